The number of aliphatic imine (C=N–C) groups is 1. The first-order chi connectivity index (χ1) is 10.5. The van der Waals surface area contributed by atoms with Gasteiger partial charge < -0.3 is 10.6 Å². The van der Waals surface area contributed by atoms with Crippen molar-refractivity contribution in [3.63, 3.8) is 0 Å². The molecule has 0 saturated carbocycles. The molecule has 1 rings (SSSR count). The SMILES string of the molecule is CCN(CC)S(=O)(=O)CCNC(=NC)NCc1ccccc1. The van der Waals surface area contributed by atoms with Crippen LogP contribution >= 0.6 is 0 Å². The summed E-state index contributed by atoms with van der Waals surface area (Å²) in [6.07, 6.45) is 0. The van der Waals surface area contributed by atoms with Crippen LogP contribution in [0.25, 0.3) is 0 Å². The Morgan fingerprint density at radius 1 is 1.14 bits per heavy atom. The first-order valence-corrected chi connectivity index (χ1v) is 9.10. The molecule has 124 valence electrons. The average Bonchev–Trinajstić information content (AvgIpc) is 2.52. The number of benzene rings is 1. The van der Waals surface area contributed by atoms with E-state index < -0.39 is 10.0 Å². The van der Waals surface area contributed by atoms with Crippen LogP contribution in [0.3, 0.4) is 0 Å². The molecule has 0 amide bonds. The lowest BCUT2D eigenvalue weighted by Gasteiger charge is -2.19. The summed E-state index contributed by atoms with van der Waals surface area (Å²) < 4.78 is 25.6. The van der Waals surface area contributed by atoms with Crippen molar-refractivity contribution in [2.45, 2.75) is 20.4 Å². The van der Waals surface area contributed by atoms with E-state index in [9.17, 15) is 8.42 Å². The molecule has 0 aliphatic heterocycles. The lowest BCUT2D eigenvalue weighted by Crippen LogP contribution is -2.41. The van der Waals surface area contributed by atoms with Crippen molar-refractivity contribution >= 4 is 16.0 Å². The van der Waals surface area contributed by atoms with Gasteiger partial charge in [0.05, 0.1) is 5.75 Å². The third-order valence-corrected chi connectivity index (χ3v) is 5.30. The Balaban J connectivity index is 2.42. The summed E-state index contributed by atoms with van der Waals surface area (Å²) in [5.41, 5.74) is 1.14. The number of nitrogens with one attached hydrogen (secondary N) is 2. The zero-order chi connectivity index (χ0) is 16.4. The summed E-state index contributed by atoms with van der Waals surface area (Å²) in [7, 11) is -1.54. The second-order valence-corrected chi connectivity index (χ2v) is 6.83. The summed E-state index contributed by atoms with van der Waals surface area (Å²) >= 11 is 0. The maximum Gasteiger partial charge on any atom is 0.215 e. The van der Waals surface area contributed by atoms with Gasteiger partial charge >= 0.3 is 0 Å². The quantitative estimate of drug-likeness (QED) is 0.553. The normalized spacial score (nSPS) is 12.5. The summed E-state index contributed by atoms with van der Waals surface area (Å²) in [6.45, 7) is 5.65. The lowest BCUT2D eigenvalue weighted by molar-refractivity contribution is 0.445. The fourth-order valence-electron chi connectivity index (χ4n) is 2.05. The van der Waals surface area contributed by atoms with E-state index in [-0.39, 0.29) is 5.75 Å². The molecule has 6 nitrogen and oxygen atoms in total. The second kappa shape index (κ2) is 9.42. The predicted molar refractivity (Wildman–Crippen MR) is 91.4 cm³/mol. The van der Waals surface area contributed by atoms with Crippen LogP contribution in [0.5, 0.6) is 0 Å². The van der Waals surface area contributed by atoms with Gasteiger partial charge in [0.2, 0.25) is 10.0 Å². The third kappa shape index (κ3) is 6.03. The molecular weight excluding hydrogens is 300 g/mol. The Labute approximate surface area is 133 Å². The second-order valence-electron chi connectivity index (χ2n) is 4.74. The van der Waals surface area contributed by atoms with Gasteiger partial charge in [-0.25, -0.2) is 12.7 Å². The molecule has 0 bridgehead atoms. The van der Waals surface area contributed by atoms with Crippen LogP contribution in [0.4, 0.5) is 0 Å². The molecule has 0 aliphatic rings. The van der Waals surface area contributed by atoms with Gasteiger partial charge in [-0.1, -0.05) is 44.2 Å². The van der Waals surface area contributed by atoms with Gasteiger partial charge in [0.25, 0.3) is 0 Å². The Morgan fingerprint density at radius 3 is 2.32 bits per heavy atom. The first kappa shape index (κ1) is 18.4. The molecule has 0 fully saturated rings. The van der Waals surface area contributed by atoms with Gasteiger partial charge in [0.1, 0.15) is 0 Å². The molecule has 0 saturated heterocycles. The number of guanidine groups is 1. The summed E-state index contributed by atoms with van der Waals surface area (Å²) in [6, 6.07) is 9.96. The van der Waals surface area contributed by atoms with Crippen LogP contribution in [0.2, 0.25) is 0 Å². The molecular formula is C15H26N4O2S. The topological polar surface area (TPSA) is 73.8 Å². The van der Waals surface area contributed by atoms with Gasteiger partial charge in [-0.05, 0) is 5.56 Å². The smallest absolute Gasteiger partial charge is 0.215 e. The van der Waals surface area contributed by atoms with Crippen LogP contribution in [-0.2, 0) is 16.6 Å². The molecule has 7 heteroatoms. The highest BCUT2D eigenvalue weighted by atomic mass is 32.2. The van der Waals surface area contributed by atoms with Crippen LogP contribution in [0, 0.1) is 0 Å². The fourth-order valence-corrected chi connectivity index (χ4v) is 3.45. The molecule has 0 aromatic heterocycles. The summed E-state index contributed by atoms with van der Waals surface area (Å²) in [5.74, 6) is 0.652. The molecule has 0 radical (unpaired) electrons. The predicted octanol–water partition coefficient (Wildman–Crippen LogP) is 1.02. The molecule has 1 aromatic carbocycles. The maximum absolute atomic E-state index is 12.1. The lowest BCUT2D eigenvalue weighted by atomic mass is 10.2. The molecule has 0 unspecified atom stereocenters. The fraction of sp³-hybridized carbons (Fsp3) is 0.533. The molecule has 0 aliphatic carbocycles. The largest absolute Gasteiger partial charge is 0.355 e. The van der Waals surface area contributed by atoms with E-state index in [0.29, 0.717) is 32.1 Å². The number of hydrogen-bond acceptors (Lipinski definition) is 3. The van der Waals surface area contributed by atoms with Gasteiger partial charge in [-0.15, -0.1) is 0 Å². The average molecular weight is 326 g/mol. The minimum absolute atomic E-state index is 0.0563. The van der Waals surface area contributed by atoms with E-state index in [4.69, 9.17) is 0 Å². The zero-order valence-corrected chi connectivity index (χ0v) is 14.4. The molecule has 2 N–H and O–H groups in total. The van der Waals surface area contributed by atoms with E-state index in [1.165, 1.54) is 4.31 Å². The summed E-state index contributed by atoms with van der Waals surface area (Å²) in [5, 5.41) is 6.19. The van der Waals surface area contributed by atoms with Gasteiger partial charge in [-0.2, -0.15) is 0 Å². The number of rotatable bonds is 8. The number of sulfonamides is 1. The number of nitrogens with zero attached hydrogens (tertiary/aromatic N) is 2. The minimum Gasteiger partial charge on any atom is -0.355 e. The van der Waals surface area contributed by atoms with E-state index in [0.717, 1.165) is 5.56 Å². The van der Waals surface area contributed by atoms with Crippen molar-refractivity contribution in [3.8, 4) is 0 Å². The Kier molecular flexibility index (Phi) is 7.90. The van der Waals surface area contributed by atoms with Crippen molar-refractivity contribution in [2.24, 2.45) is 4.99 Å². The summed E-state index contributed by atoms with van der Waals surface area (Å²) in [4.78, 5) is 4.09. The molecule has 22 heavy (non-hydrogen) atoms. The zero-order valence-electron chi connectivity index (χ0n) is 13.5. The molecule has 0 atom stereocenters. The van der Waals surface area contributed by atoms with Crippen molar-refractivity contribution in [1.82, 2.24) is 14.9 Å². The van der Waals surface area contributed by atoms with Gasteiger partial charge in [-0.3, -0.25) is 4.99 Å². The van der Waals surface area contributed by atoms with Gasteiger partial charge in [0.15, 0.2) is 5.96 Å². The highest BCUT2D eigenvalue weighted by Crippen LogP contribution is 2.00. The Bertz CT molecular complexity index is 554. The number of hydrogen-bond donors (Lipinski definition) is 2. The van der Waals surface area contributed by atoms with Crippen LogP contribution < -0.4 is 10.6 Å². The standard InChI is InChI=1S/C15H26N4O2S/c1-4-19(5-2)22(20,21)12-11-17-15(16-3)18-13-14-9-7-6-8-10-14/h6-10H,4-5,11-13H2,1-3H3,(H2,16,17,18). The molecule has 0 spiro atoms. The highest BCUT2D eigenvalue weighted by molar-refractivity contribution is 7.89. The van der Waals surface area contributed by atoms with Crippen molar-refractivity contribution in [1.29, 1.82) is 0 Å². The van der Waals surface area contributed by atoms with Crippen LogP contribution in [-0.4, -0.2) is 51.1 Å². The van der Waals surface area contributed by atoms with Crippen LogP contribution in [0.1, 0.15) is 19.4 Å². The van der Waals surface area contributed by atoms with E-state index in [1.54, 1.807) is 7.05 Å². The third-order valence-electron chi connectivity index (χ3n) is 3.28. The maximum atomic E-state index is 12.1. The Morgan fingerprint density at radius 2 is 1.77 bits per heavy atom. The van der Waals surface area contributed by atoms with E-state index >= 15 is 0 Å². The van der Waals surface area contributed by atoms with Gasteiger partial charge in [0, 0.05) is 33.2 Å². The van der Waals surface area contributed by atoms with Crippen molar-refractivity contribution < 1.29 is 8.42 Å². The molecule has 0 heterocycles. The van der Waals surface area contributed by atoms with Crippen molar-refractivity contribution in [3.05, 3.63) is 35.9 Å². The molecule has 1 aromatic rings. The van der Waals surface area contributed by atoms with E-state index in [1.807, 2.05) is 44.2 Å². The Hall–Kier alpha value is -1.60. The van der Waals surface area contributed by atoms with Crippen LogP contribution in [0.15, 0.2) is 35.3 Å². The highest BCUT2D eigenvalue weighted by Gasteiger charge is 2.18. The monoisotopic (exact) mass is 326 g/mol. The van der Waals surface area contributed by atoms with E-state index in [2.05, 4.69) is 15.6 Å². The van der Waals surface area contributed by atoms with Crippen molar-refractivity contribution in [2.75, 3.05) is 32.4 Å². The first-order valence-electron chi connectivity index (χ1n) is 7.49. The minimum atomic E-state index is -3.21.